The highest BCUT2D eigenvalue weighted by atomic mass is 16.3. The van der Waals surface area contributed by atoms with Gasteiger partial charge in [-0.3, -0.25) is 9.55 Å². The van der Waals surface area contributed by atoms with Crippen LogP contribution in [0.3, 0.4) is 0 Å². The summed E-state index contributed by atoms with van der Waals surface area (Å²) in [6.45, 7) is 0.813. The van der Waals surface area contributed by atoms with Gasteiger partial charge < -0.3 is 10.8 Å². The van der Waals surface area contributed by atoms with Gasteiger partial charge in [-0.05, 0) is 0 Å². The topological polar surface area (TPSA) is 84.0 Å². The van der Waals surface area contributed by atoms with E-state index in [-0.39, 0.29) is 11.6 Å². The summed E-state index contributed by atoms with van der Waals surface area (Å²) in [5.74, 6) is -0.126. The molecular formula is C5H9N3O2. The Morgan fingerprint density at radius 3 is 2.90 bits per heavy atom. The second-order valence-corrected chi connectivity index (χ2v) is 1.93. The Morgan fingerprint density at radius 2 is 2.50 bits per heavy atom. The first-order valence-electron chi connectivity index (χ1n) is 2.92. The maximum absolute atomic E-state index is 10.7. The highest BCUT2D eigenvalue weighted by Crippen LogP contribution is 1.95. The van der Waals surface area contributed by atoms with E-state index in [4.69, 9.17) is 10.8 Å². The average molecular weight is 143 g/mol. The number of nitrogens with two attached hydrogens (primary N) is 1. The van der Waals surface area contributed by atoms with E-state index in [9.17, 15) is 4.79 Å². The van der Waals surface area contributed by atoms with E-state index < -0.39 is 0 Å². The highest BCUT2D eigenvalue weighted by molar-refractivity contribution is 5.00. The van der Waals surface area contributed by atoms with Crippen LogP contribution in [0.2, 0.25) is 0 Å². The lowest BCUT2D eigenvalue weighted by Gasteiger charge is -1.92. The van der Waals surface area contributed by atoms with Crippen LogP contribution in [0.1, 0.15) is 0 Å². The summed E-state index contributed by atoms with van der Waals surface area (Å²) in [6, 6.07) is 0. The van der Waals surface area contributed by atoms with Crippen molar-refractivity contribution in [1.82, 2.24) is 9.55 Å². The lowest BCUT2D eigenvalue weighted by atomic mass is 10.6. The number of hydrogen-bond acceptors (Lipinski definition) is 3. The molecule has 0 atom stereocenters. The van der Waals surface area contributed by atoms with Crippen LogP contribution in [-0.4, -0.2) is 21.2 Å². The molecule has 0 bridgehead atoms. The Hall–Kier alpha value is -1.23. The van der Waals surface area contributed by atoms with Gasteiger partial charge in [0.25, 0.3) is 0 Å². The van der Waals surface area contributed by atoms with Gasteiger partial charge in [0.2, 0.25) is 5.88 Å². The molecule has 4 N–H and O–H groups in total. The number of aromatic nitrogens is 2. The minimum Gasteiger partial charge on any atom is -0.493 e. The molecule has 1 aromatic rings. The third-order valence-corrected chi connectivity index (χ3v) is 1.14. The van der Waals surface area contributed by atoms with Crippen LogP contribution in [0.5, 0.6) is 5.88 Å². The number of hydrogen-bond donors (Lipinski definition) is 3. The summed E-state index contributed by atoms with van der Waals surface area (Å²) in [7, 11) is 0. The molecule has 0 saturated carbocycles. The van der Waals surface area contributed by atoms with Gasteiger partial charge in [-0.15, -0.1) is 0 Å². The number of aromatic amines is 1. The van der Waals surface area contributed by atoms with Gasteiger partial charge in [0.1, 0.15) is 0 Å². The SMILES string of the molecule is NCCn1cc(O)[nH]c1=O. The van der Waals surface area contributed by atoms with Gasteiger partial charge in [-0.2, -0.15) is 0 Å². The fraction of sp³-hybridized carbons (Fsp3) is 0.400. The maximum Gasteiger partial charge on any atom is 0.328 e. The predicted molar refractivity (Wildman–Crippen MR) is 35.8 cm³/mol. The smallest absolute Gasteiger partial charge is 0.328 e. The minimum atomic E-state index is -0.331. The Balaban J connectivity index is 2.92. The number of aromatic hydroxyl groups is 1. The average Bonchev–Trinajstić information content (AvgIpc) is 2.13. The quantitative estimate of drug-likeness (QED) is 0.488. The van der Waals surface area contributed by atoms with Crippen LogP contribution in [0.15, 0.2) is 11.0 Å². The van der Waals surface area contributed by atoms with Crippen molar-refractivity contribution in [1.29, 1.82) is 0 Å². The van der Waals surface area contributed by atoms with Crippen molar-refractivity contribution in [2.45, 2.75) is 6.54 Å². The van der Waals surface area contributed by atoms with E-state index in [2.05, 4.69) is 4.98 Å². The fourth-order valence-corrected chi connectivity index (χ4v) is 0.725. The molecule has 1 aromatic heterocycles. The van der Waals surface area contributed by atoms with Crippen molar-refractivity contribution in [2.24, 2.45) is 5.73 Å². The number of imidazole rings is 1. The molecule has 5 heteroatoms. The van der Waals surface area contributed by atoms with Crippen molar-refractivity contribution in [3.63, 3.8) is 0 Å². The number of nitrogens with one attached hydrogen (secondary N) is 1. The molecule has 0 aliphatic rings. The molecule has 1 rings (SSSR count). The van der Waals surface area contributed by atoms with Crippen molar-refractivity contribution in [3.8, 4) is 5.88 Å². The van der Waals surface area contributed by atoms with Gasteiger partial charge in [-0.1, -0.05) is 0 Å². The number of nitrogens with zero attached hydrogens (tertiary/aromatic N) is 1. The predicted octanol–water partition coefficient (Wildman–Crippen LogP) is -1.16. The molecule has 56 valence electrons. The molecule has 0 aliphatic heterocycles. The second kappa shape index (κ2) is 2.57. The summed E-state index contributed by atoms with van der Waals surface area (Å²) >= 11 is 0. The van der Waals surface area contributed by atoms with E-state index in [1.807, 2.05) is 0 Å². The van der Waals surface area contributed by atoms with E-state index in [0.717, 1.165) is 0 Å². The third kappa shape index (κ3) is 1.19. The molecule has 0 saturated heterocycles. The first-order valence-corrected chi connectivity index (χ1v) is 2.92. The summed E-state index contributed by atoms with van der Waals surface area (Å²) in [5.41, 5.74) is 4.85. The fourth-order valence-electron chi connectivity index (χ4n) is 0.725. The van der Waals surface area contributed by atoms with E-state index >= 15 is 0 Å². The van der Waals surface area contributed by atoms with E-state index in [0.29, 0.717) is 13.1 Å². The molecule has 0 aliphatic carbocycles. The molecule has 0 amide bonds. The molecule has 0 unspecified atom stereocenters. The normalized spacial score (nSPS) is 10.1. The summed E-state index contributed by atoms with van der Waals surface area (Å²) < 4.78 is 1.31. The standard InChI is InChI=1S/C5H9N3O2/c6-1-2-8-3-4(9)7-5(8)10/h3,9H,1-2,6H2,(H,7,10). The maximum atomic E-state index is 10.7. The van der Waals surface area contributed by atoms with Crippen LogP contribution in [0.25, 0.3) is 0 Å². The molecule has 1 heterocycles. The second-order valence-electron chi connectivity index (χ2n) is 1.93. The zero-order valence-electron chi connectivity index (χ0n) is 5.37. The Labute approximate surface area is 57.1 Å². The largest absolute Gasteiger partial charge is 0.493 e. The van der Waals surface area contributed by atoms with Crippen molar-refractivity contribution < 1.29 is 5.11 Å². The third-order valence-electron chi connectivity index (χ3n) is 1.14. The van der Waals surface area contributed by atoms with Crippen LogP contribution in [-0.2, 0) is 6.54 Å². The molecular weight excluding hydrogens is 134 g/mol. The monoisotopic (exact) mass is 143 g/mol. The van der Waals surface area contributed by atoms with Crippen LogP contribution >= 0.6 is 0 Å². The van der Waals surface area contributed by atoms with Crippen LogP contribution in [0, 0.1) is 0 Å². The Morgan fingerprint density at radius 1 is 1.80 bits per heavy atom. The summed E-state index contributed by atoms with van der Waals surface area (Å²) in [4.78, 5) is 12.9. The zero-order chi connectivity index (χ0) is 7.56. The van der Waals surface area contributed by atoms with Gasteiger partial charge in [0.15, 0.2) is 0 Å². The molecule has 0 aromatic carbocycles. The first kappa shape index (κ1) is 6.88. The lowest BCUT2D eigenvalue weighted by Crippen LogP contribution is -2.20. The van der Waals surface area contributed by atoms with Gasteiger partial charge in [-0.25, -0.2) is 4.79 Å². The van der Waals surface area contributed by atoms with Gasteiger partial charge >= 0.3 is 5.69 Å². The summed E-state index contributed by atoms with van der Waals surface area (Å²) in [6.07, 6.45) is 1.31. The number of rotatable bonds is 2. The van der Waals surface area contributed by atoms with E-state index in [1.165, 1.54) is 10.8 Å². The zero-order valence-corrected chi connectivity index (χ0v) is 5.37. The first-order chi connectivity index (χ1) is 4.74. The molecule has 0 spiro atoms. The van der Waals surface area contributed by atoms with Crippen LogP contribution < -0.4 is 11.4 Å². The van der Waals surface area contributed by atoms with Gasteiger partial charge in [0.05, 0.1) is 6.20 Å². The summed E-state index contributed by atoms with van der Waals surface area (Å²) in [5, 5.41) is 8.74. The molecule has 10 heavy (non-hydrogen) atoms. The van der Waals surface area contributed by atoms with Gasteiger partial charge in [0, 0.05) is 13.1 Å². The molecule has 0 radical (unpaired) electrons. The Bertz CT molecular complexity index is 262. The lowest BCUT2D eigenvalue weighted by molar-refractivity contribution is 0.455. The van der Waals surface area contributed by atoms with Crippen molar-refractivity contribution >= 4 is 0 Å². The van der Waals surface area contributed by atoms with E-state index in [1.54, 1.807) is 0 Å². The van der Waals surface area contributed by atoms with Crippen molar-refractivity contribution in [3.05, 3.63) is 16.7 Å². The van der Waals surface area contributed by atoms with Crippen molar-refractivity contribution in [2.75, 3.05) is 6.54 Å². The van der Waals surface area contributed by atoms with Crippen LogP contribution in [0.4, 0.5) is 0 Å². The highest BCUT2D eigenvalue weighted by Gasteiger charge is 1.97. The Kier molecular flexibility index (Phi) is 1.77. The minimum absolute atomic E-state index is 0.126. The number of H-pyrrole nitrogens is 1. The molecule has 0 fully saturated rings. The molecule has 5 nitrogen and oxygen atoms in total.